The Labute approximate surface area is 88.3 Å². The van der Waals surface area contributed by atoms with Crippen LogP contribution in [0.4, 0.5) is 0 Å². The van der Waals surface area contributed by atoms with Crippen LogP contribution in [-0.4, -0.2) is 30.8 Å². The van der Waals surface area contributed by atoms with E-state index in [1.165, 1.54) is 32.4 Å². The van der Waals surface area contributed by atoms with Crippen molar-refractivity contribution in [3.05, 3.63) is 0 Å². The number of nitrogens with zero attached hydrogens (tertiary/aromatic N) is 1. The van der Waals surface area contributed by atoms with Crippen molar-refractivity contribution in [1.29, 1.82) is 0 Å². The average molecular weight is 201 g/mol. The van der Waals surface area contributed by atoms with Gasteiger partial charge in [0.05, 0.1) is 0 Å². The van der Waals surface area contributed by atoms with Gasteiger partial charge in [-0.2, -0.15) is 12.6 Å². The van der Waals surface area contributed by atoms with Crippen LogP contribution in [0, 0.1) is 11.3 Å². The van der Waals surface area contributed by atoms with Crippen LogP contribution >= 0.6 is 12.6 Å². The Hall–Kier alpha value is 0.310. The molecule has 78 valence electrons. The molecule has 0 aromatic rings. The number of thiol groups is 1. The van der Waals surface area contributed by atoms with Gasteiger partial charge in [0.2, 0.25) is 0 Å². The lowest BCUT2D eigenvalue weighted by molar-refractivity contribution is 0.241. The minimum absolute atomic E-state index is 0.589. The molecule has 1 rings (SSSR count). The second kappa shape index (κ2) is 4.70. The van der Waals surface area contributed by atoms with E-state index in [1.807, 2.05) is 0 Å². The van der Waals surface area contributed by atoms with E-state index in [9.17, 15) is 0 Å². The zero-order chi connectivity index (χ0) is 9.90. The third-order valence-electron chi connectivity index (χ3n) is 3.22. The molecule has 1 nitrogen and oxygen atoms in total. The molecule has 0 N–H and O–H groups in total. The van der Waals surface area contributed by atoms with Crippen molar-refractivity contribution in [2.75, 3.05) is 25.9 Å². The van der Waals surface area contributed by atoms with Crippen LogP contribution in [0.1, 0.15) is 33.1 Å². The monoisotopic (exact) mass is 201 g/mol. The predicted molar refractivity (Wildman–Crippen MR) is 62.5 cm³/mol. The SMILES string of the molecule is CCC(C)CN(C)CC1(CS)CC1. The summed E-state index contributed by atoms with van der Waals surface area (Å²) in [7, 11) is 2.25. The van der Waals surface area contributed by atoms with Crippen LogP contribution in [0.2, 0.25) is 0 Å². The van der Waals surface area contributed by atoms with Crippen molar-refractivity contribution in [3.63, 3.8) is 0 Å². The first-order valence-corrected chi connectivity index (χ1v) is 6.04. The lowest BCUT2D eigenvalue weighted by Crippen LogP contribution is -2.31. The van der Waals surface area contributed by atoms with E-state index in [4.69, 9.17) is 0 Å². The standard InChI is InChI=1S/C11H23NS/c1-4-10(2)7-12(3)8-11(9-13)5-6-11/h10,13H,4-9H2,1-3H3. The molecule has 0 saturated heterocycles. The van der Waals surface area contributed by atoms with Gasteiger partial charge < -0.3 is 4.90 Å². The van der Waals surface area contributed by atoms with Crippen molar-refractivity contribution in [2.45, 2.75) is 33.1 Å². The van der Waals surface area contributed by atoms with Gasteiger partial charge in [-0.3, -0.25) is 0 Å². The fraction of sp³-hybridized carbons (Fsp3) is 1.00. The maximum absolute atomic E-state index is 4.43. The smallest absolute Gasteiger partial charge is 0.00429 e. The quantitative estimate of drug-likeness (QED) is 0.647. The second-order valence-electron chi connectivity index (χ2n) is 4.87. The molecule has 1 atom stereocenters. The summed E-state index contributed by atoms with van der Waals surface area (Å²) in [6, 6.07) is 0. The molecule has 0 aromatic heterocycles. The van der Waals surface area contributed by atoms with E-state index in [0.29, 0.717) is 5.41 Å². The van der Waals surface area contributed by atoms with Crippen molar-refractivity contribution in [3.8, 4) is 0 Å². The van der Waals surface area contributed by atoms with Gasteiger partial charge >= 0.3 is 0 Å². The van der Waals surface area contributed by atoms with Crippen LogP contribution < -0.4 is 0 Å². The van der Waals surface area contributed by atoms with Gasteiger partial charge in [0.15, 0.2) is 0 Å². The molecular weight excluding hydrogens is 178 g/mol. The molecular formula is C11H23NS. The van der Waals surface area contributed by atoms with E-state index in [0.717, 1.165) is 11.7 Å². The summed E-state index contributed by atoms with van der Waals surface area (Å²) in [5.74, 6) is 1.90. The fourth-order valence-corrected chi connectivity index (χ4v) is 2.26. The zero-order valence-electron chi connectivity index (χ0n) is 9.21. The van der Waals surface area contributed by atoms with Crippen LogP contribution in [0.15, 0.2) is 0 Å². The Morgan fingerprint density at radius 2 is 2.08 bits per heavy atom. The highest BCUT2D eigenvalue weighted by Crippen LogP contribution is 2.46. The molecule has 1 aliphatic carbocycles. The van der Waals surface area contributed by atoms with Crippen LogP contribution in [0.5, 0.6) is 0 Å². The molecule has 1 saturated carbocycles. The average Bonchev–Trinajstić information content (AvgIpc) is 2.85. The van der Waals surface area contributed by atoms with Gasteiger partial charge in [-0.05, 0) is 37.0 Å². The maximum atomic E-state index is 4.43. The van der Waals surface area contributed by atoms with Gasteiger partial charge in [0.1, 0.15) is 0 Å². The Morgan fingerprint density at radius 3 is 2.46 bits per heavy atom. The summed E-state index contributed by atoms with van der Waals surface area (Å²) in [4.78, 5) is 2.48. The second-order valence-corrected chi connectivity index (χ2v) is 5.18. The molecule has 0 amide bonds. The summed E-state index contributed by atoms with van der Waals surface area (Å²) in [6.45, 7) is 7.09. The molecule has 1 fully saturated rings. The molecule has 1 unspecified atom stereocenters. The van der Waals surface area contributed by atoms with Gasteiger partial charge in [0.25, 0.3) is 0 Å². The van der Waals surface area contributed by atoms with Gasteiger partial charge in [-0.25, -0.2) is 0 Å². The molecule has 13 heavy (non-hydrogen) atoms. The summed E-state index contributed by atoms with van der Waals surface area (Å²) < 4.78 is 0. The summed E-state index contributed by atoms with van der Waals surface area (Å²) in [5, 5.41) is 0. The number of rotatable bonds is 6. The van der Waals surface area contributed by atoms with Crippen molar-refractivity contribution >= 4 is 12.6 Å². The van der Waals surface area contributed by atoms with Gasteiger partial charge in [-0.1, -0.05) is 20.3 Å². The topological polar surface area (TPSA) is 3.24 Å². The lowest BCUT2D eigenvalue weighted by atomic mass is 10.1. The number of hydrogen-bond acceptors (Lipinski definition) is 2. The first-order chi connectivity index (χ1) is 6.12. The van der Waals surface area contributed by atoms with Gasteiger partial charge in [-0.15, -0.1) is 0 Å². The zero-order valence-corrected chi connectivity index (χ0v) is 10.1. The molecule has 0 spiro atoms. The Bertz CT molecular complexity index is 154. The minimum atomic E-state index is 0.589. The summed E-state index contributed by atoms with van der Waals surface area (Å²) >= 11 is 4.43. The summed E-state index contributed by atoms with van der Waals surface area (Å²) in [5.41, 5.74) is 0.589. The molecule has 0 bridgehead atoms. The molecule has 0 aromatic carbocycles. The third-order valence-corrected chi connectivity index (χ3v) is 3.89. The van der Waals surface area contributed by atoms with Crippen LogP contribution in [0.3, 0.4) is 0 Å². The molecule has 0 radical (unpaired) electrons. The van der Waals surface area contributed by atoms with Crippen molar-refractivity contribution < 1.29 is 0 Å². The first kappa shape index (κ1) is 11.4. The van der Waals surface area contributed by atoms with Crippen LogP contribution in [-0.2, 0) is 0 Å². The van der Waals surface area contributed by atoms with Crippen LogP contribution in [0.25, 0.3) is 0 Å². The summed E-state index contributed by atoms with van der Waals surface area (Å²) in [6.07, 6.45) is 4.07. The number of hydrogen-bond donors (Lipinski definition) is 1. The highest BCUT2D eigenvalue weighted by Gasteiger charge is 2.41. The Morgan fingerprint density at radius 1 is 1.46 bits per heavy atom. The molecule has 1 aliphatic rings. The Balaban J connectivity index is 2.21. The highest BCUT2D eigenvalue weighted by atomic mass is 32.1. The minimum Gasteiger partial charge on any atom is -0.306 e. The van der Waals surface area contributed by atoms with Crippen molar-refractivity contribution in [1.82, 2.24) is 4.90 Å². The maximum Gasteiger partial charge on any atom is 0.00429 e. The normalized spacial score (nSPS) is 21.9. The fourth-order valence-electron chi connectivity index (χ4n) is 1.84. The lowest BCUT2D eigenvalue weighted by Gasteiger charge is -2.24. The highest BCUT2D eigenvalue weighted by molar-refractivity contribution is 7.80. The largest absolute Gasteiger partial charge is 0.306 e. The van der Waals surface area contributed by atoms with Crippen molar-refractivity contribution in [2.24, 2.45) is 11.3 Å². The van der Waals surface area contributed by atoms with E-state index in [-0.39, 0.29) is 0 Å². The Kier molecular flexibility index (Phi) is 4.11. The molecule has 2 heteroatoms. The molecule has 0 aliphatic heterocycles. The van der Waals surface area contributed by atoms with E-state index in [2.05, 4.69) is 38.4 Å². The predicted octanol–water partition coefficient (Wildman–Crippen LogP) is 2.67. The molecule has 0 heterocycles. The van der Waals surface area contributed by atoms with E-state index in [1.54, 1.807) is 0 Å². The van der Waals surface area contributed by atoms with Gasteiger partial charge in [0, 0.05) is 13.1 Å². The first-order valence-electron chi connectivity index (χ1n) is 5.41. The third kappa shape index (κ3) is 3.51. The van der Waals surface area contributed by atoms with E-state index >= 15 is 0 Å². The van der Waals surface area contributed by atoms with E-state index < -0.39 is 0 Å².